The van der Waals surface area contributed by atoms with Crippen molar-refractivity contribution < 1.29 is 18.7 Å². The van der Waals surface area contributed by atoms with Crippen molar-refractivity contribution in [2.75, 3.05) is 13.7 Å². The van der Waals surface area contributed by atoms with Crippen molar-refractivity contribution in [1.82, 2.24) is 0 Å². The molecule has 0 amide bonds. The molecule has 0 spiro atoms. The Balaban J connectivity index is 0.000000280. The predicted molar refractivity (Wildman–Crippen MR) is 56.7 cm³/mol. The van der Waals surface area contributed by atoms with Gasteiger partial charge in [-0.25, -0.2) is 4.39 Å². The molecule has 0 saturated heterocycles. The number of carbonyl (C=O) groups excluding carboxylic acids is 1. The molecule has 16 heavy (non-hydrogen) atoms. The van der Waals surface area contributed by atoms with Crippen LogP contribution in [0.4, 0.5) is 4.39 Å². The lowest BCUT2D eigenvalue weighted by molar-refractivity contribution is -0.126. The highest BCUT2D eigenvalue weighted by Crippen LogP contribution is 2.20. The second kappa shape index (κ2) is 6.55. The largest absolute Gasteiger partial charge is 0.474 e. The second-order valence-corrected chi connectivity index (χ2v) is 2.98. The Bertz CT molecular complexity index is 343. The van der Waals surface area contributed by atoms with Gasteiger partial charge in [-0.3, -0.25) is 9.79 Å². The molecule has 0 aromatic heterocycles. The standard InChI is InChI=1S/C9H8FNO.C2H4O2/c10-8-3-1-7(2-4-8)9-5-11-6-12-9;1-4-2-3/h1-4,6,9H,5H2;2H,1H3. The maximum Gasteiger partial charge on any atom is 0.292 e. The predicted octanol–water partition coefficient (Wildman–Crippen LogP) is 1.71. The molecule has 1 aromatic rings. The quantitative estimate of drug-likeness (QED) is 0.720. The van der Waals surface area contributed by atoms with Gasteiger partial charge < -0.3 is 9.47 Å². The van der Waals surface area contributed by atoms with E-state index in [-0.39, 0.29) is 11.9 Å². The minimum atomic E-state index is -0.224. The normalized spacial score (nSPS) is 17.0. The number of hydrogen-bond acceptors (Lipinski definition) is 4. The van der Waals surface area contributed by atoms with Gasteiger partial charge in [-0.15, -0.1) is 0 Å². The van der Waals surface area contributed by atoms with Gasteiger partial charge in [-0.1, -0.05) is 12.1 Å². The van der Waals surface area contributed by atoms with E-state index in [4.69, 9.17) is 9.53 Å². The van der Waals surface area contributed by atoms with Crippen molar-refractivity contribution >= 4 is 12.9 Å². The zero-order chi connectivity index (χ0) is 11.8. The van der Waals surface area contributed by atoms with E-state index in [9.17, 15) is 4.39 Å². The Morgan fingerprint density at radius 1 is 1.50 bits per heavy atom. The fourth-order valence-corrected chi connectivity index (χ4v) is 1.16. The molecule has 1 aliphatic heterocycles. The molecule has 0 fully saturated rings. The van der Waals surface area contributed by atoms with Crippen molar-refractivity contribution in [1.29, 1.82) is 0 Å². The van der Waals surface area contributed by atoms with Crippen molar-refractivity contribution in [3.63, 3.8) is 0 Å². The van der Waals surface area contributed by atoms with Gasteiger partial charge in [0.15, 0.2) is 6.40 Å². The van der Waals surface area contributed by atoms with Crippen molar-refractivity contribution in [3.05, 3.63) is 35.6 Å². The number of carbonyl (C=O) groups is 1. The first-order valence-corrected chi connectivity index (χ1v) is 4.63. The van der Waals surface area contributed by atoms with Gasteiger partial charge in [0.1, 0.15) is 11.9 Å². The SMILES string of the molecule is COC=O.Fc1ccc(C2CN=CO2)cc1. The third kappa shape index (κ3) is 3.68. The van der Waals surface area contributed by atoms with Gasteiger partial charge in [0, 0.05) is 0 Å². The Hall–Kier alpha value is -1.91. The molecule has 1 heterocycles. The highest BCUT2D eigenvalue weighted by atomic mass is 19.1. The van der Waals surface area contributed by atoms with Crippen LogP contribution in [-0.4, -0.2) is 26.5 Å². The number of hydrogen-bond donors (Lipinski definition) is 0. The summed E-state index contributed by atoms with van der Waals surface area (Å²) >= 11 is 0. The smallest absolute Gasteiger partial charge is 0.292 e. The fraction of sp³-hybridized carbons (Fsp3) is 0.273. The molecule has 0 saturated carbocycles. The van der Waals surface area contributed by atoms with E-state index in [1.54, 1.807) is 12.1 Å². The zero-order valence-corrected chi connectivity index (χ0v) is 8.80. The van der Waals surface area contributed by atoms with Crippen LogP contribution in [-0.2, 0) is 14.3 Å². The maximum absolute atomic E-state index is 12.5. The number of halogens is 1. The number of methoxy groups -OCH3 is 1. The lowest BCUT2D eigenvalue weighted by Gasteiger charge is -2.07. The van der Waals surface area contributed by atoms with Gasteiger partial charge in [0.2, 0.25) is 0 Å². The minimum Gasteiger partial charge on any atom is -0.474 e. The number of benzene rings is 1. The molecule has 1 aromatic carbocycles. The Labute approximate surface area is 92.7 Å². The summed E-state index contributed by atoms with van der Waals surface area (Å²) in [5.74, 6) is -0.224. The Morgan fingerprint density at radius 2 is 2.12 bits per heavy atom. The number of aliphatic imine (C=N–C) groups is 1. The summed E-state index contributed by atoms with van der Waals surface area (Å²) in [6.07, 6.45) is 1.42. The second-order valence-electron chi connectivity index (χ2n) is 2.98. The number of nitrogens with zero attached hydrogens (tertiary/aromatic N) is 1. The summed E-state index contributed by atoms with van der Waals surface area (Å²) in [6.45, 7) is 1.01. The zero-order valence-electron chi connectivity index (χ0n) is 8.80. The summed E-state index contributed by atoms with van der Waals surface area (Å²) in [5.41, 5.74) is 0.967. The van der Waals surface area contributed by atoms with Gasteiger partial charge in [-0.05, 0) is 17.7 Å². The molecule has 4 nitrogen and oxygen atoms in total. The average Bonchev–Trinajstić information content (AvgIpc) is 2.84. The van der Waals surface area contributed by atoms with Gasteiger partial charge in [0.25, 0.3) is 6.47 Å². The van der Waals surface area contributed by atoms with Crippen molar-refractivity contribution in [3.8, 4) is 0 Å². The lowest BCUT2D eigenvalue weighted by atomic mass is 10.1. The lowest BCUT2D eigenvalue weighted by Crippen LogP contribution is -1.99. The summed E-state index contributed by atoms with van der Waals surface area (Å²) in [5, 5.41) is 0. The van der Waals surface area contributed by atoms with E-state index in [0.29, 0.717) is 13.0 Å². The molecular weight excluding hydrogens is 213 g/mol. The monoisotopic (exact) mass is 225 g/mol. The van der Waals surface area contributed by atoms with Gasteiger partial charge in [0.05, 0.1) is 13.7 Å². The van der Waals surface area contributed by atoms with Gasteiger partial charge >= 0.3 is 0 Å². The summed E-state index contributed by atoms with van der Waals surface area (Å²) < 4.78 is 21.5. The topological polar surface area (TPSA) is 47.9 Å². The third-order valence-corrected chi connectivity index (χ3v) is 1.91. The van der Waals surface area contributed by atoms with E-state index in [2.05, 4.69) is 9.73 Å². The Morgan fingerprint density at radius 3 is 2.56 bits per heavy atom. The van der Waals surface area contributed by atoms with Crippen LogP contribution >= 0.6 is 0 Å². The van der Waals surface area contributed by atoms with Gasteiger partial charge in [-0.2, -0.15) is 0 Å². The molecule has 0 radical (unpaired) electrons. The number of ether oxygens (including phenoxy) is 2. The van der Waals surface area contributed by atoms with E-state index in [0.717, 1.165) is 5.56 Å². The first-order valence-electron chi connectivity index (χ1n) is 4.63. The molecule has 1 atom stereocenters. The molecule has 1 aliphatic rings. The van der Waals surface area contributed by atoms with Crippen molar-refractivity contribution in [2.45, 2.75) is 6.10 Å². The molecule has 0 N–H and O–H groups in total. The highest BCUT2D eigenvalue weighted by Gasteiger charge is 2.14. The van der Waals surface area contributed by atoms with Crippen LogP contribution < -0.4 is 0 Å². The first-order chi connectivity index (χ1) is 7.77. The van der Waals surface area contributed by atoms with Crippen LogP contribution in [0.25, 0.3) is 0 Å². The highest BCUT2D eigenvalue weighted by molar-refractivity contribution is 5.49. The van der Waals surface area contributed by atoms with Crippen molar-refractivity contribution in [2.24, 2.45) is 4.99 Å². The molecule has 0 aliphatic carbocycles. The van der Waals surface area contributed by atoms with E-state index in [1.807, 2.05) is 0 Å². The van der Waals surface area contributed by atoms with E-state index in [1.165, 1.54) is 25.6 Å². The van der Waals surface area contributed by atoms with Crippen LogP contribution in [0.1, 0.15) is 11.7 Å². The van der Waals surface area contributed by atoms with Crippen LogP contribution in [0.3, 0.4) is 0 Å². The fourth-order valence-electron chi connectivity index (χ4n) is 1.16. The Kier molecular flexibility index (Phi) is 4.98. The molecular formula is C11H12FNO3. The van der Waals surface area contributed by atoms with E-state index < -0.39 is 0 Å². The number of rotatable bonds is 2. The molecule has 1 unspecified atom stereocenters. The third-order valence-electron chi connectivity index (χ3n) is 1.91. The molecule has 2 rings (SSSR count). The summed E-state index contributed by atoms with van der Waals surface area (Å²) in [7, 11) is 1.31. The molecule has 0 bridgehead atoms. The molecule has 5 heteroatoms. The van der Waals surface area contributed by atoms with E-state index >= 15 is 0 Å². The van der Waals surface area contributed by atoms with Crippen LogP contribution in [0.15, 0.2) is 29.3 Å². The average molecular weight is 225 g/mol. The van der Waals surface area contributed by atoms with Crippen LogP contribution in [0, 0.1) is 5.82 Å². The summed E-state index contributed by atoms with van der Waals surface area (Å²) in [6, 6.07) is 6.29. The minimum absolute atomic E-state index is 0.0226. The summed E-state index contributed by atoms with van der Waals surface area (Å²) in [4.78, 5) is 12.9. The van der Waals surface area contributed by atoms with Crippen LogP contribution in [0.5, 0.6) is 0 Å². The molecule has 86 valence electrons. The first kappa shape index (κ1) is 12.2. The van der Waals surface area contributed by atoms with Crippen LogP contribution in [0.2, 0.25) is 0 Å². The maximum atomic E-state index is 12.5.